The topological polar surface area (TPSA) is 30.5 Å². The molecule has 0 fully saturated rings. The summed E-state index contributed by atoms with van der Waals surface area (Å²) in [6, 6.07) is 7.80. The standard InChI is InChI=1S/C12H13NO2/c1-2-14-11-7-5-10(6-8-11)12-4-3-9-13-15-12/h3-9,13H,2H2,1H3. The Hall–Kier alpha value is -1.90. The molecular weight excluding hydrogens is 190 g/mol. The van der Waals surface area contributed by atoms with Crippen molar-refractivity contribution < 1.29 is 9.57 Å². The van der Waals surface area contributed by atoms with Crippen LogP contribution in [0.2, 0.25) is 0 Å². The zero-order valence-electron chi connectivity index (χ0n) is 8.57. The van der Waals surface area contributed by atoms with Gasteiger partial charge in [0.15, 0.2) is 5.76 Å². The van der Waals surface area contributed by atoms with E-state index in [2.05, 4.69) is 5.48 Å². The highest BCUT2D eigenvalue weighted by molar-refractivity contribution is 5.62. The van der Waals surface area contributed by atoms with Gasteiger partial charge >= 0.3 is 0 Å². The summed E-state index contributed by atoms with van der Waals surface area (Å²) in [5.74, 6) is 1.68. The number of ether oxygens (including phenoxy) is 1. The molecule has 0 atom stereocenters. The number of rotatable bonds is 3. The van der Waals surface area contributed by atoms with Crippen LogP contribution in [0.1, 0.15) is 12.5 Å². The highest BCUT2D eigenvalue weighted by atomic mass is 16.6. The summed E-state index contributed by atoms with van der Waals surface area (Å²) < 4.78 is 5.36. The van der Waals surface area contributed by atoms with Crippen LogP contribution in [-0.4, -0.2) is 6.61 Å². The van der Waals surface area contributed by atoms with Gasteiger partial charge in [-0.25, -0.2) is 5.48 Å². The maximum atomic E-state index is 5.36. The molecule has 1 aliphatic rings. The van der Waals surface area contributed by atoms with E-state index in [4.69, 9.17) is 9.57 Å². The van der Waals surface area contributed by atoms with Gasteiger partial charge in [0.25, 0.3) is 0 Å². The molecule has 1 heterocycles. The zero-order valence-corrected chi connectivity index (χ0v) is 8.57. The number of nitrogens with one attached hydrogen (secondary N) is 1. The fourth-order valence-electron chi connectivity index (χ4n) is 1.34. The van der Waals surface area contributed by atoms with Crippen molar-refractivity contribution in [2.75, 3.05) is 6.61 Å². The van der Waals surface area contributed by atoms with E-state index < -0.39 is 0 Å². The summed E-state index contributed by atoms with van der Waals surface area (Å²) >= 11 is 0. The van der Waals surface area contributed by atoms with Gasteiger partial charge in [-0.3, -0.25) is 0 Å². The van der Waals surface area contributed by atoms with E-state index in [1.165, 1.54) is 0 Å². The van der Waals surface area contributed by atoms with Gasteiger partial charge in [0, 0.05) is 11.8 Å². The van der Waals surface area contributed by atoms with Crippen molar-refractivity contribution in [3.63, 3.8) is 0 Å². The average molecular weight is 203 g/mol. The molecule has 0 aromatic heterocycles. The van der Waals surface area contributed by atoms with E-state index in [1.54, 1.807) is 6.20 Å². The van der Waals surface area contributed by atoms with E-state index >= 15 is 0 Å². The Morgan fingerprint density at radius 2 is 2.07 bits per heavy atom. The zero-order chi connectivity index (χ0) is 10.5. The second kappa shape index (κ2) is 4.55. The molecule has 1 aromatic rings. The maximum absolute atomic E-state index is 5.36. The fraction of sp³-hybridized carbons (Fsp3) is 0.167. The quantitative estimate of drug-likeness (QED) is 0.818. The monoisotopic (exact) mass is 203 g/mol. The van der Waals surface area contributed by atoms with Crippen LogP contribution in [0.25, 0.3) is 5.76 Å². The van der Waals surface area contributed by atoms with Crippen LogP contribution in [0.4, 0.5) is 0 Å². The van der Waals surface area contributed by atoms with Gasteiger partial charge in [-0.15, -0.1) is 0 Å². The Balaban J connectivity index is 2.16. The summed E-state index contributed by atoms with van der Waals surface area (Å²) in [5.41, 5.74) is 3.72. The van der Waals surface area contributed by atoms with Crippen molar-refractivity contribution in [1.82, 2.24) is 5.48 Å². The van der Waals surface area contributed by atoms with Crippen molar-refractivity contribution in [2.45, 2.75) is 6.92 Å². The lowest BCUT2D eigenvalue weighted by atomic mass is 10.1. The maximum Gasteiger partial charge on any atom is 0.162 e. The minimum absolute atomic E-state index is 0.683. The third kappa shape index (κ3) is 2.31. The Morgan fingerprint density at radius 3 is 2.67 bits per heavy atom. The minimum Gasteiger partial charge on any atom is -0.494 e. The number of hydroxylamine groups is 1. The molecule has 1 N–H and O–H groups in total. The smallest absolute Gasteiger partial charge is 0.162 e. The molecule has 0 amide bonds. The first kappa shape index (κ1) is 9.65. The Kier molecular flexibility index (Phi) is 2.93. The van der Waals surface area contributed by atoms with E-state index in [1.807, 2.05) is 43.3 Å². The molecule has 1 aromatic carbocycles. The first-order valence-corrected chi connectivity index (χ1v) is 4.92. The summed E-state index contributed by atoms with van der Waals surface area (Å²) in [7, 11) is 0. The van der Waals surface area contributed by atoms with Crippen molar-refractivity contribution in [1.29, 1.82) is 0 Å². The Labute approximate surface area is 89.0 Å². The molecule has 3 nitrogen and oxygen atoms in total. The van der Waals surface area contributed by atoms with Crippen LogP contribution < -0.4 is 10.2 Å². The largest absolute Gasteiger partial charge is 0.494 e. The van der Waals surface area contributed by atoms with E-state index in [0.717, 1.165) is 17.1 Å². The van der Waals surface area contributed by atoms with Crippen LogP contribution in [-0.2, 0) is 4.84 Å². The average Bonchev–Trinajstić information content (AvgIpc) is 2.32. The first-order valence-electron chi connectivity index (χ1n) is 4.92. The minimum atomic E-state index is 0.683. The van der Waals surface area contributed by atoms with Gasteiger partial charge < -0.3 is 9.57 Å². The molecule has 3 heteroatoms. The summed E-state index contributed by atoms with van der Waals surface area (Å²) in [5, 5.41) is 0. The van der Waals surface area contributed by atoms with E-state index in [9.17, 15) is 0 Å². The highest BCUT2D eigenvalue weighted by Gasteiger charge is 2.04. The first-order chi connectivity index (χ1) is 7.40. The molecule has 0 saturated carbocycles. The molecular formula is C12H13NO2. The molecule has 0 bridgehead atoms. The lowest BCUT2D eigenvalue weighted by Crippen LogP contribution is -2.08. The number of hydrogen-bond donors (Lipinski definition) is 1. The van der Waals surface area contributed by atoms with Gasteiger partial charge in [-0.1, -0.05) is 0 Å². The molecule has 0 spiro atoms. The van der Waals surface area contributed by atoms with Crippen molar-refractivity contribution in [3.05, 3.63) is 48.2 Å². The molecule has 0 aliphatic carbocycles. The molecule has 1 aliphatic heterocycles. The van der Waals surface area contributed by atoms with Gasteiger partial charge in [0.2, 0.25) is 0 Å². The molecule has 78 valence electrons. The Bertz CT molecular complexity index is 379. The molecule has 15 heavy (non-hydrogen) atoms. The van der Waals surface area contributed by atoms with Gasteiger partial charge in [-0.05, 0) is 43.3 Å². The van der Waals surface area contributed by atoms with Crippen LogP contribution in [0.15, 0.2) is 42.6 Å². The fourth-order valence-corrected chi connectivity index (χ4v) is 1.34. The lowest BCUT2D eigenvalue weighted by molar-refractivity contribution is 0.198. The van der Waals surface area contributed by atoms with Crippen LogP contribution in [0.3, 0.4) is 0 Å². The van der Waals surface area contributed by atoms with E-state index in [0.29, 0.717) is 6.61 Å². The van der Waals surface area contributed by atoms with Gasteiger partial charge in [0.05, 0.1) is 6.61 Å². The predicted molar refractivity (Wildman–Crippen MR) is 58.9 cm³/mol. The molecule has 0 saturated heterocycles. The van der Waals surface area contributed by atoms with Crippen LogP contribution in [0.5, 0.6) is 5.75 Å². The normalized spacial score (nSPS) is 13.8. The van der Waals surface area contributed by atoms with Crippen molar-refractivity contribution in [3.8, 4) is 5.75 Å². The number of hydrogen-bond acceptors (Lipinski definition) is 3. The van der Waals surface area contributed by atoms with Crippen molar-refractivity contribution in [2.24, 2.45) is 0 Å². The SMILES string of the molecule is CCOc1ccc(C2=CC=CNO2)cc1. The highest BCUT2D eigenvalue weighted by Crippen LogP contribution is 2.20. The van der Waals surface area contributed by atoms with Crippen LogP contribution in [0, 0.1) is 0 Å². The molecule has 0 radical (unpaired) electrons. The summed E-state index contributed by atoms with van der Waals surface area (Å²) in [6.07, 6.45) is 5.54. The molecule has 0 unspecified atom stereocenters. The second-order valence-electron chi connectivity index (χ2n) is 3.07. The summed E-state index contributed by atoms with van der Waals surface area (Å²) in [6.45, 7) is 2.65. The third-order valence-electron chi connectivity index (χ3n) is 2.03. The molecule has 2 rings (SSSR count). The Morgan fingerprint density at radius 1 is 1.27 bits per heavy atom. The summed E-state index contributed by atoms with van der Waals surface area (Å²) in [4.78, 5) is 5.25. The van der Waals surface area contributed by atoms with Gasteiger partial charge in [-0.2, -0.15) is 0 Å². The lowest BCUT2D eigenvalue weighted by Gasteiger charge is -2.12. The number of allylic oxidation sites excluding steroid dienone is 2. The van der Waals surface area contributed by atoms with Crippen LogP contribution >= 0.6 is 0 Å². The third-order valence-corrected chi connectivity index (χ3v) is 2.03. The van der Waals surface area contributed by atoms with Gasteiger partial charge in [0.1, 0.15) is 5.75 Å². The van der Waals surface area contributed by atoms with E-state index in [-0.39, 0.29) is 0 Å². The number of benzene rings is 1. The second-order valence-corrected chi connectivity index (χ2v) is 3.07. The van der Waals surface area contributed by atoms with Crippen molar-refractivity contribution >= 4 is 5.76 Å². The predicted octanol–water partition coefficient (Wildman–Crippen LogP) is 2.47.